The van der Waals surface area contributed by atoms with Crippen molar-refractivity contribution < 1.29 is 4.79 Å². The Kier molecular flexibility index (Phi) is 5.20. The van der Waals surface area contributed by atoms with Crippen LogP contribution in [0.1, 0.15) is 16.9 Å². The highest BCUT2D eigenvalue weighted by molar-refractivity contribution is 7.13. The van der Waals surface area contributed by atoms with E-state index in [4.69, 9.17) is 0 Å². The topological polar surface area (TPSA) is 58.1 Å². The second kappa shape index (κ2) is 7.12. The number of aromatic nitrogens is 2. The molecule has 2 aromatic rings. The van der Waals surface area contributed by atoms with Crippen LogP contribution in [0.2, 0.25) is 0 Å². The SMILES string of the molecule is CN(C)CCCNC(=O)c1csc(-c2ccccn2)n1. The summed E-state index contributed by atoms with van der Waals surface area (Å²) >= 11 is 1.43. The van der Waals surface area contributed by atoms with Crippen LogP contribution in [-0.4, -0.2) is 48.0 Å². The summed E-state index contributed by atoms with van der Waals surface area (Å²) < 4.78 is 0. The molecule has 2 rings (SSSR count). The molecule has 0 aliphatic heterocycles. The van der Waals surface area contributed by atoms with Gasteiger partial charge in [-0.15, -0.1) is 11.3 Å². The second-order valence-corrected chi connectivity index (χ2v) is 5.52. The summed E-state index contributed by atoms with van der Waals surface area (Å²) in [6, 6.07) is 5.65. The minimum atomic E-state index is -0.123. The molecule has 6 heteroatoms. The Labute approximate surface area is 122 Å². The maximum absolute atomic E-state index is 11.9. The van der Waals surface area contributed by atoms with Crippen molar-refractivity contribution in [3.05, 3.63) is 35.5 Å². The summed E-state index contributed by atoms with van der Waals surface area (Å²) in [5, 5.41) is 5.41. The van der Waals surface area contributed by atoms with Gasteiger partial charge in [-0.05, 0) is 39.2 Å². The van der Waals surface area contributed by atoms with Crippen LogP contribution < -0.4 is 5.32 Å². The predicted octanol–water partition coefficient (Wildman–Crippen LogP) is 1.89. The van der Waals surface area contributed by atoms with Crippen molar-refractivity contribution in [1.82, 2.24) is 20.2 Å². The summed E-state index contributed by atoms with van der Waals surface area (Å²) in [6.45, 7) is 1.62. The molecular weight excluding hydrogens is 272 g/mol. The van der Waals surface area contributed by atoms with E-state index in [9.17, 15) is 4.79 Å². The fourth-order valence-electron chi connectivity index (χ4n) is 1.67. The molecule has 0 atom stereocenters. The van der Waals surface area contributed by atoms with Crippen molar-refractivity contribution in [2.24, 2.45) is 0 Å². The highest BCUT2D eigenvalue weighted by atomic mass is 32.1. The molecule has 2 aromatic heterocycles. The molecule has 0 spiro atoms. The third-order valence-electron chi connectivity index (χ3n) is 2.69. The Morgan fingerprint density at radius 2 is 2.25 bits per heavy atom. The van der Waals surface area contributed by atoms with E-state index in [0.717, 1.165) is 23.7 Å². The van der Waals surface area contributed by atoms with Gasteiger partial charge < -0.3 is 10.2 Å². The van der Waals surface area contributed by atoms with Crippen molar-refractivity contribution in [2.45, 2.75) is 6.42 Å². The zero-order valence-corrected chi connectivity index (χ0v) is 12.5. The average Bonchev–Trinajstić information content (AvgIpc) is 2.94. The minimum absolute atomic E-state index is 0.123. The minimum Gasteiger partial charge on any atom is -0.351 e. The molecule has 1 N–H and O–H groups in total. The first-order valence-corrected chi connectivity index (χ1v) is 7.34. The van der Waals surface area contributed by atoms with Gasteiger partial charge in [0.1, 0.15) is 10.7 Å². The summed E-state index contributed by atoms with van der Waals surface area (Å²) in [5.74, 6) is -0.123. The fourth-order valence-corrected chi connectivity index (χ4v) is 2.45. The van der Waals surface area contributed by atoms with Gasteiger partial charge in [0.25, 0.3) is 5.91 Å². The van der Waals surface area contributed by atoms with Crippen molar-refractivity contribution >= 4 is 17.2 Å². The number of amides is 1. The number of pyridine rings is 1. The lowest BCUT2D eigenvalue weighted by Crippen LogP contribution is -2.27. The third kappa shape index (κ3) is 4.11. The average molecular weight is 290 g/mol. The Morgan fingerprint density at radius 3 is 2.95 bits per heavy atom. The van der Waals surface area contributed by atoms with E-state index in [0.29, 0.717) is 12.2 Å². The molecular formula is C14H18N4OS. The van der Waals surface area contributed by atoms with E-state index in [1.165, 1.54) is 11.3 Å². The van der Waals surface area contributed by atoms with Gasteiger partial charge in [-0.3, -0.25) is 9.78 Å². The number of nitrogens with one attached hydrogen (secondary N) is 1. The third-order valence-corrected chi connectivity index (χ3v) is 3.55. The van der Waals surface area contributed by atoms with Gasteiger partial charge in [-0.2, -0.15) is 0 Å². The lowest BCUT2D eigenvalue weighted by atomic mass is 10.3. The number of thiazole rings is 1. The van der Waals surface area contributed by atoms with Crippen LogP contribution in [0.4, 0.5) is 0 Å². The number of rotatable bonds is 6. The first kappa shape index (κ1) is 14.6. The van der Waals surface area contributed by atoms with Gasteiger partial charge in [-0.1, -0.05) is 6.07 Å². The van der Waals surface area contributed by atoms with Gasteiger partial charge in [0, 0.05) is 18.1 Å². The van der Waals surface area contributed by atoms with Gasteiger partial charge in [0.15, 0.2) is 0 Å². The van der Waals surface area contributed by atoms with Crippen LogP contribution >= 0.6 is 11.3 Å². The fraction of sp³-hybridized carbons (Fsp3) is 0.357. The van der Waals surface area contributed by atoms with E-state index < -0.39 is 0 Å². The zero-order valence-electron chi connectivity index (χ0n) is 11.7. The Hall–Kier alpha value is -1.79. The molecule has 5 nitrogen and oxygen atoms in total. The molecule has 20 heavy (non-hydrogen) atoms. The Morgan fingerprint density at radius 1 is 1.40 bits per heavy atom. The van der Waals surface area contributed by atoms with Crippen molar-refractivity contribution in [2.75, 3.05) is 27.2 Å². The lowest BCUT2D eigenvalue weighted by Gasteiger charge is -2.09. The van der Waals surface area contributed by atoms with E-state index in [-0.39, 0.29) is 5.91 Å². The molecule has 0 radical (unpaired) electrons. The van der Waals surface area contributed by atoms with Gasteiger partial charge in [-0.25, -0.2) is 4.98 Å². The number of carbonyl (C=O) groups excluding carboxylic acids is 1. The van der Waals surface area contributed by atoms with Crippen LogP contribution in [0.5, 0.6) is 0 Å². The number of nitrogens with zero attached hydrogens (tertiary/aromatic N) is 3. The molecule has 0 aliphatic carbocycles. The van der Waals surface area contributed by atoms with E-state index in [2.05, 4.69) is 20.2 Å². The molecule has 0 bridgehead atoms. The van der Waals surface area contributed by atoms with Crippen LogP contribution in [0.25, 0.3) is 10.7 Å². The first-order valence-electron chi connectivity index (χ1n) is 6.46. The molecule has 0 aliphatic rings. The first-order chi connectivity index (χ1) is 9.66. The summed E-state index contributed by atoms with van der Waals surface area (Å²) in [4.78, 5) is 22.6. The predicted molar refractivity (Wildman–Crippen MR) is 80.8 cm³/mol. The standard InChI is InChI=1S/C14H18N4OS/c1-18(2)9-5-8-16-13(19)12-10-20-14(17-12)11-6-3-4-7-15-11/h3-4,6-7,10H,5,8-9H2,1-2H3,(H,16,19). The molecule has 0 saturated heterocycles. The summed E-state index contributed by atoms with van der Waals surface area (Å²) in [5.41, 5.74) is 1.25. The second-order valence-electron chi connectivity index (χ2n) is 4.67. The number of hydrogen-bond donors (Lipinski definition) is 1. The smallest absolute Gasteiger partial charge is 0.270 e. The summed E-state index contributed by atoms with van der Waals surface area (Å²) in [7, 11) is 4.03. The highest BCUT2D eigenvalue weighted by Gasteiger charge is 2.11. The molecule has 106 valence electrons. The monoisotopic (exact) mass is 290 g/mol. The molecule has 0 fully saturated rings. The van der Waals surface area contributed by atoms with E-state index in [1.807, 2.05) is 32.3 Å². The molecule has 0 unspecified atom stereocenters. The molecule has 0 saturated carbocycles. The Balaban J connectivity index is 1.90. The van der Waals surface area contributed by atoms with Crippen molar-refractivity contribution in [3.63, 3.8) is 0 Å². The summed E-state index contributed by atoms with van der Waals surface area (Å²) in [6.07, 6.45) is 2.65. The largest absolute Gasteiger partial charge is 0.351 e. The molecule has 2 heterocycles. The van der Waals surface area contributed by atoms with Gasteiger partial charge in [0.2, 0.25) is 0 Å². The van der Waals surface area contributed by atoms with Crippen LogP contribution in [0, 0.1) is 0 Å². The van der Waals surface area contributed by atoms with Gasteiger partial charge in [0.05, 0.1) is 5.69 Å². The van der Waals surface area contributed by atoms with Crippen LogP contribution in [0.3, 0.4) is 0 Å². The molecule has 0 aromatic carbocycles. The van der Waals surface area contributed by atoms with Crippen LogP contribution in [0.15, 0.2) is 29.8 Å². The maximum atomic E-state index is 11.9. The highest BCUT2D eigenvalue weighted by Crippen LogP contribution is 2.21. The Bertz CT molecular complexity index is 553. The number of carbonyl (C=O) groups is 1. The molecule has 1 amide bonds. The van der Waals surface area contributed by atoms with Crippen LogP contribution in [-0.2, 0) is 0 Å². The quantitative estimate of drug-likeness (QED) is 0.825. The van der Waals surface area contributed by atoms with E-state index >= 15 is 0 Å². The normalized spacial score (nSPS) is 10.8. The van der Waals surface area contributed by atoms with Gasteiger partial charge >= 0.3 is 0 Å². The number of hydrogen-bond acceptors (Lipinski definition) is 5. The van der Waals surface area contributed by atoms with Crippen molar-refractivity contribution in [3.8, 4) is 10.7 Å². The van der Waals surface area contributed by atoms with E-state index in [1.54, 1.807) is 11.6 Å². The van der Waals surface area contributed by atoms with Crippen molar-refractivity contribution in [1.29, 1.82) is 0 Å². The maximum Gasteiger partial charge on any atom is 0.270 e. The zero-order chi connectivity index (χ0) is 14.4. The lowest BCUT2D eigenvalue weighted by molar-refractivity contribution is 0.0948.